The van der Waals surface area contributed by atoms with Gasteiger partial charge in [-0.3, -0.25) is 4.68 Å². The van der Waals surface area contributed by atoms with Crippen LogP contribution < -0.4 is 0 Å². The number of hydrogen-bond acceptors (Lipinski definition) is 2. The zero-order valence-electron chi connectivity index (χ0n) is 11.0. The molecule has 3 aromatic rings. The number of fused-ring (bicyclic) bond motifs is 1. The van der Waals surface area contributed by atoms with Gasteiger partial charge in [-0.15, -0.1) is 0 Å². The number of hydrogen-bond donors (Lipinski definition) is 1. The van der Waals surface area contributed by atoms with Crippen molar-refractivity contribution in [3.63, 3.8) is 0 Å². The predicted molar refractivity (Wildman–Crippen MR) is 77.1 cm³/mol. The molecule has 6 heteroatoms. The summed E-state index contributed by atoms with van der Waals surface area (Å²) in [6, 6.07) is 9.18. The second-order valence-corrected chi connectivity index (χ2v) is 5.07. The smallest absolute Gasteiger partial charge is 0.354 e. The van der Waals surface area contributed by atoms with E-state index in [0.717, 1.165) is 16.6 Å². The minimum Gasteiger partial charge on any atom is -0.477 e. The van der Waals surface area contributed by atoms with Crippen molar-refractivity contribution in [3.8, 4) is 11.4 Å². The first-order chi connectivity index (χ1) is 9.47. The zero-order valence-corrected chi connectivity index (χ0v) is 11.7. The minimum atomic E-state index is -0.993. The normalized spacial score (nSPS) is 11.2. The highest BCUT2D eigenvalue weighted by Gasteiger charge is 2.16. The lowest BCUT2D eigenvalue weighted by Gasteiger charge is -2.01. The molecule has 2 aromatic heterocycles. The molecule has 0 saturated carbocycles. The molecule has 0 aliphatic carbocycles. The molecule has 0 amide bonds. The molecule has 0 unspecified atom stereocenters. The molecule has 20 heavy (non-hydrogen) atoms. The number of aromatic nitrogens is 3. The summed E-state index contributed by atoms with van der Waals surface area (Å²) in [7, 11) is 3.52. The number of halogens is 1. The molecule has 0 saturated heterocycles. The van der Waals surface area contributed by atoms with E-state index in [2.05, 4.69) is 5.10 Å². The number of aryl methyl sites for hydroxylation is 2. The Morgan fingerprint density at radius 3 is 2.65 bits per heavy atom. The van der Waals surface area contributed by atoms with Gasteiger partial charge >= 0.3 is 5.97 Å². The molecule has 0 atom stereocenters. The third kappa shape index (κ3) is 1.87. The van der Waals surface area contributed by atoms with Crippen molar-refractivity contribution in [1.82, 2.24) is 14.3 Å². The summed E-state index contributed by atoms with van der Waals surface area (Å²) in [5, 5.41) is 15.0. The Labute approximate surface area is 120 Å². The van der Waals surface area contributed by atoms with Crippen LogP contribution in [-0.4, -0.2) is 25.4 Å². The van der Waals surface area contributed by atoms with Crippen molar-refractivity contribution in [2.75, 3.05) is 0 Å². The molecule has 102 valence electrons. The van der Waals surface area contributed by atoms with Gasteiger partial charge in [0.15, 0.2) is 0 Å². The van der Waals surface area contributed by atoms with Crippen LogP contribution in [0.5, 0.6) is 0 Å². The average molecular weight is 290 g/mol. The topological polar surface area (TPSA) is 60.0 Å². The molecule has 0 bridgehead atoms. The average Bonchev–Trinajstić information content (AvgIpc) is 2.91. The van der Waals surface area contributed by atoms with Crippen molar-refractivity contribution in [2.24, 2.45) is 14.1 Å². The van der Waals surface area contributed by atoms with E-state index in [1.807, 2.05) is 35.9 Å². The Kier molecular flexibility index (Phi) is 2.79. The molecule has 0 spiro atoms. The van der Waals surface area contributed by atoms with Gasteiger partial charge in [-0.25, -0.2) is 4.79 Å². The number of carboxylic acids is 1. The first-order valence-corrected chi connectivity index (χ1v) is 6.38. The monoisotopic (exact) mass is 289 g/mol. The Morgan fingerprint density at radius 1 is 1.25 bits per heavy atom. The van der Waals surface area contributed by atoms with Gasteiger partial charge in [-0.1, -0.05) is 17.7 Å². The van der Waals surface area contributed by atoms with Crippen LogP contribution in [0.3, 0.4) is 0 Å². The lowest BCUT2D eigenvalue weighted by atomic mass is 10.2. The van der Waals surface area contributed by atoms with E-state index in [-0.39, 0.29) is 5.69 Å². The van der Waals surface area contributed by atoms with Crippen molar-refractivity contribution >= 4 is 28.5 Å². The van der Waals surface area contributed by atoms with E-state index in [1.165, 1.54) is 4.68 Å². The highest BCUT2D eigenvalue weighted by molar-refractivity contribution is 6.31. The van der Waals surface area contributed by atoms with Gasteiger partial charge in [0.25, 0.3) is 0 Å². The molecule has 1 N–H and O–H groups in total. The van der Waals surface area contributed by atoms with Crippen LogP contribution in [0.15, 0.2) is 30.3 Å². The van der Waals surface area contributed by atoms with Gasteiger partial charge in [-0.2, -0.15) is 5.10 Å². The number of rotatable bonds is 2. The van der Waals surface area contributed by atoms with Crippen molar-refractivity contribution in [2.45, 2.75) is 0 Å². The second-order valence-electron chi connectivity index (χ2n) is 4.64. The van der Waals surface area contributed by atoms with Crippen LogP contribution in [-0.2, 0) is 14.1 Å². The fourth-order valence-corrected chi connectivity index (χ4v) is 2.51. The van der Waals surface area contributed by atoms with Crippen LogP contribution in [0.25, 0.3) is 22.3 Å². The number of carbonyl (C=O) groups is 1. The van der Waals surface area contributed by atoms with Gasteiger partial charge in [0, 0.05) is 36.1 Å². The summed E-state index contributed by atoms with van der Waals surface area (Å²) in [4.78, 5) is 11.1. The van der Waals surface area contributed by atoms with E-state index in [0.29, 0.717) is 10.7 Å². The molecule has 0 radical (unpaired) electrons. The molecule has 0 aliphatic heterocycles. The molecule has 0 fully saturated rings. The Balaban J connectivity index is 2.22. The first-order valence-electron chi connectivity index (χ1n) is 6.00. The van der Waals surface area contributed by atoms with E-state index in [9.17, 15) is 4.79 Å². The molecule has 1 aromatic carbocycles. The number of aromatic carboxylic acids is 1. The van der Waals surface area contributed by atoms with Gasteiger partial charge in [0.1, 0.15) is 11.4 Å². The quantitative estimate of drug-likeness (QED) is 0.789. The summed E-state index contributed by atoms with van der Waals surface area (Å²) >= 11 is 6.01. The molecule has 2 heterocycles. The van der Waals surface area contributed by atoms with Crippen molar-refractivity contribution in [3.05, 3.63) is 41.0 Å². The van der Waals surface area contributed by atoms with Crippen LogP contribution in [0.4, 0.5) is 0 Å². The van der Waals surface area contributed by atoms with Crippen LogP contribution in [0.2, 0.25) is 5.02 Å². The summed E-state index contributed by atoms with van der Waals surface area (Å²) in [6.07, 6.45) is 0. The SMILES string of the molecule is Cn1nc(-c2cc3ccc(Cl)cc3n2C)cc1C(=O)O. The predicted octanol–water partition coefficient (Wildman–Crippen LogP) is 2.93. The first kappa shape index (κ1) is 12.7. The second kappa shape index (κ2) is 4.38. The molecular weight excluding hydrogens is 278 g/mol. The maximum Gasteiger partial charge on any atom is 0.354 e. The van der Waals surface area contributed by atoms with Crippen LogP contribution in [0, 0.1) is 0 Å². The molecule has 5 nitrogen and oxygen atoms in total. The van der Waals surface area contributed by atoms with E-state index in [1.54, 1.807) is 13.1 Å². The van der Waals surface area contributed by atoms with Gasteiger partial charge < -0.3 is 9.67 Å². The van der Waals surface area contributed by atoms with Crippen molar-refractivity contribution < 1.29 is 9.90 Å². The summed E-state index contributed by atoms with van der Waals surface area (Å²) < 4.78 is 3.32. The Bertz CT molecular complexity index is 832. The van der Waals surface area contributed by atoms with E-state index in [4.69, 9.17) is 16.7 Å². The largest absolute Gasteiger partial charge is 0.477 e. The summed E-state index contributed by atoms with van der Waals surface area (Å²) in [6.45, 7) is 0. The fourth-order valence-electron chi connectivity index (χ4n) is 2.34. The lowest BCUT2D eigenvalue weighted by Crippen LogP contribution is -2.04. The standard InChI is InChI=1S/C14H12ClN3O2/c1-17-11-6-9(15)4-3-8(11)5-12(17)10-7-13(14(19)20)18(2)16-10/h3-7H,1-2H3,(H,19,20). The van der Waals surface area contributed by atoms with Gasteiger partial charge in [-0.05, 0) is 18.2 Å². The molecule has 3 rings (SSSR count). The molecule has 0 aliphatic rings. The van der Waals surface area contributed by atoms with Crippen molar-refractivity contribution in [1.29, 1.82) is 0 Å². The number of nitrogens with zero attached hydrogens (tertiary/aromatic N) is 3. The minimum absolute atomic E-state index is 0.156. The molecular formula is C14H12ClN3O2. The fraction of sp³-hybridized carbons (Fsp3) is 0.143. The van der Waals surface area contributed by atoms with Crippen LogP contribution in [0.1, 0.15) is 10.5 Å². The highest BCUT2D eigenvalue weighted by atomic mass is 35.5. The summed E-state index contributed by atoms with van der Waals surface area (Å²) in [5.74, 6) is -0.993. The maximum atomic E-state index is 11.1. The van der Waals surface area contributed by atoms with E-state index >= 15 is 0 Å². The Hall–Kier alpha value is -2.27. The third-order valence-corrected chi connectivity index (χ3v) is 3.60. The summed E-state index contributed by atoms with van der Waals surface area (Å²) in [5.41, 5.74) is 2.61. The Morgan fingerprint density at radius 2 is 2.00 bits per heavy atom. The van der Waals surface area contributed by atoms with Gasteiger partial charge in [0.05, 0.1) is 5.69 Å². The number of carboxylic acid groups (broad SMARTS) is 1. The lowest BCUT2D eigenvalue weighted by molar-refractivity contribution is 0.0685. The highest BCUT2D eigenvalue weighted by Crippen LogP contribution is 2.28. The third-order valence-electron chi connectivity index (χ3n) is 3.37. The zero-order chi connectivity index (χ0) is 14.4. The number of benzene rings is 1. The van der Waals surface area contributed by atoms with E-state index < -0.39 is 5.97 Å². The van der Waals surface area contributed by atoms with Crippen LogP contribution >= 0.6 is 11.6 Å². The maximum absolute atomic E-state index is 11.1. The van der Waals surface area contributed by atoms with Gasteiger partial charge in [0.2, 0.25) is 0 Å².